The van der Waals surface area contributed by atoms with Crippen LogP contribution in [0.15, 0.2) is 0 Å². The summed E-state index contributed by atoms with van der Waals surface area (Å²) >= 11 is 0. The Labute approximate surface area is 354 Å². The van der Waals surface area contributed by atoms with Gasteiger partial charge in [0.05, 0.1) is 6.61 Å². The molecule has 0 heterocycles. The monoisotopic (exact) mass is 889 g/mol. The minimum absolute atomic E-state index is 0.0721. The fourth-order valence-electron chi connectivity index (χ4n) is 7.21. The highest BCUT2D eigenvalue weighted by molar-refractivity contribution is 7.51. The molecule has 0 aromatic heterocycles. The van der Waals surface area contributed by atoms with E-state index in [0.29, 0.717) is 12.8 Å². The second-order valence-corrected chi connectivity index (χ2v) is 19.7. The van der Waals surface area contributed by atoms with E-state index in [2.05, 4.69) is 13.8 Å². The molecule has 0 aromatic carbocycles. The van der Waals surface area contributed by atoms with E-state index in [1.807, 2.05) is 0 Å². The molecule has 59 heavy (non-hydrogen) atoms. The van der Waals surface area contributed by atoms with Crippen molar-refractivity contribution >= 4 is 27.4 Å². The van der Waals surface area contributed by atoms with Gasteiger partial charge in [-0.3, -0.25) is 27.7 Å². The molecule has 350 valence electrons. The molecule has 15 nitrogen and oxygen atoms in total. The molecule has 2 unspecified atom stereocenters. The van der Waals surface area contributed by atoms with E-state index >= 15 is 0 Å². The number of carbonyl (C=O) groups is 2. The Morgan fingerprint density at radius 3 is 1.24 bits per heavy atom. The summed E-state index contributed by atoms with van der Waals surface area (Å²) in [5.41, 5.74) is 0. The molecule has 6 N–H and O–H groups in total. The molecule has 1 aliphatic carbocycles. The van der Waals surface area contributed by atoms with Crippen molar-refractivity contribution in [1.29, 1.82) is 0 Å². The smallest absolute Gasteiger partial charge is 0.462 e. The first kappa shape index (κ1) is 56.1. The zero-order valence-electron chi connectivity index (χ0n) is 36.5. The molecule has 1 aliphatic rings. The van der Waals surface area contributed by atoms with E-state index < -0.39 is 83.3 Å². The number of unbranched alkanes of at least 4 members (excludes halogenated alkanes) is 24. The van der Waals surface area contributed by atoms with Crippen molar-refractivity contribution in [3.8, 4) is 0 Å². The number of aliphatic hydroxyl groups excluding tert-OH is 4. The van der Waals surface area contributed by atoms with Gasteiger partial charge in [-0.05, 0) is 12.8 Å². The molecule has 1 fully saturated rings. The summed E-state index contributed by atoms with van der Waals surface area (Å²) in [4.78, 5) is 45.5. The molecule has 0 radical (unpaired) electrons. The van der Waals surface area contributed by atoms with Gasteiger partial charge in [-0.2, -0.15) is 0 Å². The Morgan fingerprint density at radius 1 is 0.492 bits per heavy atom. The Balaban J connectivity index is 2.61. The first-order chi connectivity index (χ1) is 28.1. The molecule has 0 spiro atoms. The van der Waals surface area contributed by atoms with Gasteiger partial charge < -0.3 is 39.7 Å². The van der Waals surface area contributed by atoms with Crippen LogP contribution in [-0.4, -0.2) is 105 Å². The van der Waals surface area contributed by atoms with Crippen molar-refractivity contribution in [2.45, 2.75) is 236 Å². The summed E-state index contributed by atoms with van der Waals surface area (Å²) in [6, 6.07) is 0. The minimum atomic E-state index is -5.23. The number of ether oxygens (including phenoxy) is 2. The van der Waals surface area contributed by atoms with Gasteiger partial charge in [0, 0.05) is 19.5 Å². The van der Waals surface area contributed by atoms with Crippen LogP contribution < -0.4 is 0 Å². The molecular formula is C42H82O15P2. The molecule has 0 aliphatic heterocycles. The molecule has 0 saturated heterocycles. The minimum Gasteiger partial charge on any atom is -0.462 e. The number of phosphoric acid groups is 1. The molecule has 1 rings (SSSR count). The maximum atomic E-state index is 13.0. The Kier molecular flexibility index (Phi) is 31.9. The second-order valence-electron chi connectivity index (χ2n) is 16.4. The summed E-state index contributed by atoms with van der Waals surface area (Å²) in [5, 5.41) is 41.5. The van der Waals surface area contributed by atoms with Gasteiger partial charge in [-0.1, -0.05) is 168 Å². The fraction of sp³-hybridized carbons (Fsp3) is 0.952. The summed E-state index contributed by atoms with van der Waals surface area (Å²) in [6.07, 6.45) is 16.2. The zero-order valence-corrected chi connectivity index (χ0v) is 38.3. The molecule has 0 bridgehead atoms. The number of esters is 2. The lowest BCUT2D eigenvalue weighted by atomic mass is 9.85. The number of hydrogen-bond donors (Lipinski definition) is 6. The number of aliphatic hydroxyl groups is 4. The van der Waals surface area contributed by atoms with Crippen LogP contribution in [-0.2, 0) is 41.8 Å². The fourth-order valence-corrected chi connectivity index (χ4v) is 8.89. The van der Waals surface area contributed by atoms with Gasteiger partial charge in [-0.15, -0.1) is 0 Å². The third-order valence-electron chi connectivity index (χ3n) is 10.7. The normalized spacial score (nSPS) is 23.3. The van der Waals surface area contributed by atoms with Gasteiger partial charge in [0.25, 0.3) is 0 Å². The largest absolute Gasteiger partial charge is 0.472 e. The van der Waals surface area contributed by atoms with Gasteiger partial charge in [0.15, 0.2) is 6.10 Å². The molecule has 0 aromatic rings. The molecule has 9 atom stereocenters. The quantitative estimate of drug-likeness (QED) is 0.0193. The average molecular weight is 889 g/mol. The van der Waals surface area contributed by atoms with Crippen LogP contribution in [0.4, 0.5) is 0 Å². The van der Waals surface area contributed by atoms with E-state index in [4.69, 9.17) is 23.0 Å². The highest BCUT2D eigenvalue weighted by atomic mass is 31.2. The maximum Gasteiger partial charge on any atom is 0.472 e. The Bertz CT molecular complexity index is 1170. The van der Waals surface area contributed by atoms with Crippen LogP contribution in [0.2, 0.25) is 0 Å². The van der Waals surface area contributed by atoms with Crippen molar-refractivity contribution in [3.05, 3.63) is 0 Å². The maximum absolute atomic E-state index is 13.0. The van der Waals surface area contributed by atoms with E-state index in [-0.39, 0.29) is 12.8 Å². The van der Waals surface area contributed by atoms with Gasteiger partial charge in [0.2, 0.25) is 0 Å². The van der Waals surface area contributed by atoms with Crippen LogP contribution in [0, 0.1) is 0 Å². The zero-order chi connectivity index (χ0) is 43.9. The van der Waals surface area contributed by atoms with Gasteiger partial charge in [0.1, 0.15) is 43.2 Å². The topological polar surface area (TPSA) is 236 Å². The van der Waals surface area contributed by atoms with Crippen molar-refractivity contribution in [2.24, 2.45) is 0 Å². The molecule has 1 saturated carbocycles. The van der Waals surface area contributed by atoms with Crippen molar-refractivity contribution in [3.63, 3.8) is 0 Å². The van der Waals surface area contributed by atoms with E-state index in [1.165, 1.54) is 109 Å². The molecular weight excluding hydrogens is 806 g/mol. The van der Waals surface area contributed by atoms with Crippen LogP contribution in [0.25, 0.3) is 0 Å². The summed E-state index contributed by atoms with van der Waals surface area (Å²) in [5.74, 6) is -1.15. The van der Waals surface area contributed by atoms with Crippen molar-refractivity contribution in [1.82, 2.24) is 0 Å². The van der Waals surface area contributed by atoms with E-state index in [0.717, 1.165) is 51.6 Å². The third kappa shape index (κ3) is 28.4. The summed E-state index contributed by atoms with van der Waals surface area (Å²) in [6.45, 7) is 3.94. The Morgan fingerprint density at radius 2 is 0.847 bits per heavy atom. The first-order valence-corrected chi connectivity index (χ1v) is 26.4. The summed E-state index contributed by atoms with van der Waals surface area (Å²) < 4.78 is 50.4. The number of phosphoric ester groups is 1. The molecule has 17 heteroatoms. The lowest BCUT2D eigenvalue weighted by Crippen LogP contribution is -2.64. The number of hydrogen-bond acceptors (Lipinski definition) is 13. The highest BCUT2D eigenvalue weighted by Gasteiger charge is 2.53. The van der Waals surface area contributed by atoms with E-state index in [1.54, 1.807) is 0 Å². The van der Waals surface area contributed by atoms with Gasteiger partial charge >= 0.3 is 27.4 Å². The lowest BCUT2D eigenvalue weighted by molar-refractivity contribution is -0.215. The standard InChI is InChI=1S/C42H82O15P2/c1-4-6-8-10-12-14-16-18-20-22-24-26-28-30-35(43)53-32-34(55-36(44)31-29-27-25-23-21-19-17-15-13-11-9-7-5-2)33-54-59(51,52)57-42-39(47)37(45)38(46)41(40(42)48)56-58(3,49)50/h34,37-42,45-48H,4-33H2,1-3H3,(H,49,50)(H,51,52)/t34-,37+,38+,39-,40-,41-,42+/m1/s1. The highest BCUT2D eigenvalue weighted by Crippen LogP contribution is 2.49. The molecule has 0 amide bonds. The number of carbonyl (C=O) groups excluding carboxylic acids is 2. The summed E-state index contributed by atoms with van der Waals surface area (Å²) in [7, 11) is -9.59. The first-order valence-electron chi connectivity index (χ1n) is 22.8. The predicted molar refractivity (Wildman–Crippen MR) is 227 cm³/mol. The van der Waals surface area contributed by atoms with Crippen molar-refractivity contribution < 1.29 is 72.0 Å². The SMILES string of the molecule is CCCCCCCCCCCCCCCC(=O)OC[C@H](COP(=O)(O)O[C@@H]1[C@H](O)[C@H](OP(C)(=O)O)[C@@H](O)[C@H](O)[C@H]1O)OC(=O)CCCCCCCCCCCCCCC. The van der Waals surface area contributed by atoms with E-state index in [9.17, 15) is 48.9 Å². The number of rotatable bonds is 38. The average Bonchev–Trinajstić information content (AvgIpc) is 3.18. The predicted octanol–water partition coefficient (Wildman–Crippen LogP) is 8.56. The van der Waals surface area contributed by atoms with Crippen molar-refractivity contribution in [2.75, 3.05) is 19.9 Å². The van der Waals surface area contributed by atoms with Crippen LogP contribution >= 0.6 is 15.4 Å². The van der Waals surface area contributed by atoms with Crippen LogP contribution in [0.5, 0.6) is 0 Å². The lowest BCUT2D eigenvalue weighted by Gasteiger charge is -2.43. The third-order valence-corrected chi connectivity index (χ3v) is 12.4. The Hall–Kier alpha value is -0.960. The van der Waals surface area contributed by atoms with Gasteiger partial charge in [-0.25, -0.2) is 4.57 Å². The van der Waals surface area contributed by atoms with Crippen LogP contribution in [0.1, 0.15) is 194 Å². The second kappa shape index (κ2) is 33.6. The van der Waals surface area contributed by atoms with Crippen LogP contribution in [0.3, 0.4) is 0 Å².